The normalized spacial score (nSPS) is 18.9. The number of aliphatic hydroxyl groups excluding tert-OH is 1. The van der Waals surface area contributed by atoms with Gasteiger partial charge in [-0.15, -0.1) is 0 Å². The van der Waals surface area contributed by atoms with Gasteiger partial charge in [-0.2, -0.15) is 0 Å². The predicted octanol–water partition coefficient (Wildman–Crippen LogP) is 0.268. The van der Waals surface area contributed by atoms with E-state index < -0.39 is 15.8 Å². The highest BCUT2D eigenvalue weighted by atomic mass is 32.2. The Morgan fingerprint density at radius 2 is 2.17 bits per heavy atom. The number of fused-ring (bicyclic) bond motifs is 1. The summed E-state index contributed by atoms with van der Waals surface area (Å²) in [5.74, 6) is -0.552. The molecule has 1 aliphatic heterocycles. The van der Waals surface area contributed by atoms with Crippen LogP contribution in [0.4, 0.5) is 10.1 Å². The Labute approximate surface area is 104 Å². The maximum atomic E-state index is 13.0. The van der Waals surface area contributed by atoms with E-state index in [9.17, 15) is 12.8 Å². The number of aliphatic imine (C=N–C) groups is 1. The van der Waals surface area contributed by atoms with Crippen molar-refractivity contribution in [3.8, 4) is 0 Å². The zero-order valence-electron chi connectivity index (χ0n) is 9.35. The molecule has 1 aromatic rings. The first-order chi connectivity index (χ1) is 8.53. The molecule has 1 aromatic carbocycles. The van der Waals surface area contributed by atoms with Crippen LogP contribution >= 0.6 is 0 Å². The zero-order valence-corrected chi connectivity index (χ0v) is 10.2. The van der Waals surface area contributed by atoms with E-state index >= 15 is 0 Å². The van der Waals surface area contributed by atoms with E-state index in [1.54, 1.807) is 0 Å². The van der Waals surface area contributed by atoms with E-state index in [0.29, 0.717) is 6.42 Å². The molecule has 0 unspecified atom stereocenters. The van der Waals surface area contributed by atoms with Gasteiger partial charge < -0.3 is 10.4 Å². The first-order valence-electron chi connectivity index (χ1n) is 5.27. The van der Waals surface area contributed by atoms with Crippen molar-refractivity contribution in [2.45, 2.75) is 11.3 Å². The number of rotatable bonds is 3. The highest BCUT2D eigenvalue weighted by molar-refractivity contribution is 7.90. The molecular weight excluding hydrogens is 261 g/mol. The SMILES string of the molecule is O=S1(=O)NC(=NCCCO)Nc2ccc(F)cc21. The molecule has 0 bridgehead atoms. The molecule has 1 heterocycles. The lowest BCUT2D eigenvalue weighted by atomic mass is 10.3. The van der Waals surface area contributed by atoms with Crippen molar-refractivity contribution >= 4 is 21.7 Å². The van der Waals surface area contributed by atoms with E-state index in [4.69, 9.17) is 5.11 Å². The van der Waals surface area contributed by atoms with Crippen molar-refractivity contribution in [2.75, 3.05) is 18.5 Å². The average Bonchev–Trinajstić information content (AvgIpc) is 2.30. The molecule has 0 aliphatic carbocycles. The van der Waals surface area contributed by atoms with Crippen LogP contribution < -0.4 is 10.0 Å². The van der Waals surface area contributed by atoms with Crippen molar-refractivity contribution < 1.29 is 17.9 Å². The van der Waals surface area contributed by atoms with Gasteiger partial charge in [-0.1, -0.05) is 0 Å². The first kappa shape index (κ1) is 12.8. The van der Waals surface area contributed by atoms with Crippen LogP contribution in [0.5, 0.6) is 0 Å². The number of nitrogens with one attached hydrogen (secondary N) is 2. The number of aliphatic hydroxyl groups is 1. The lowest BCUT2D eigenvalue weighted by molar-refractivity contribution is 0.291. The lowest BCUT2D eigenvalue weighted by Gasteiger charge is -2.21. The second-order valence-corrected chi connectivity index (χ2v) is 5.33. The van der Waals surface area contributed by atoms with E-state index in [-0.39, 0.29) is 29.7 Å². The van der Waals surface area contributed by atoms with Crippen LogP contribution in [0.3, 0.4) is 0 Å². The van der Waals surface area contributed by atoms with Gasteiger partial charge in [-0.05, 0) is 24.6 Å². The molecule has 1 aliphatic rings. The molecule has 2 rings (SSSR count). The van der Waals surface area contributed by atoms with Gasteiger partial charge >= 0.3 is 0 Å². The highest BCUT2D eigenvalue weighted by Crippen LogP contribution is 2.25. The van der Waals surface area contributed by atoms with Crippen LogP contribution in [-0.2, 0) is 10.0 Å². The zero-order chi connectivity index (χ0) is 13.2. The molecule has 18 heavy (non-hydrogen) atoms. The molecular formula is C10H12FN3O3S. The summed E-state index contributed by atoms with van der Waals surface area (Å²) in [7, 11) is -3.80. The molecule has 0 radical (unpaired) electrons. The summed E-state index contributed by atoms with van der Waals surface area (Å²) in [5.41, 5.74) is 0.276. The third-order valence-electron chi connectivity index (χ3n) is 2.30. The van der Waals surface area contributed by atoms with Crippen molar-refractivity contribution in [1.82, 2.24) is 4.72 Å². The van der Waals surface area contributed by atoms with E-state index in [0.717, 1.165) is 12.1 Å². The number of halogens is 1. The summed E-state index contributed by atoms with van der Waals surface area (Å²) in [6.45, 7) is 0.267. The summed E-state index contributed by atoms with van der Waals surface area (Å²) in [5, 5.41) is 11.4. The molecule has 0 fully saturated rings. The van der Waals surface area contributed by atoms with Crippen LogP contribution in [0.25, 0.3) is 0 Å². The average molecular weight is 273 g/mol. The van der Waals surface area contributed by atoms with Gasteiger partial charge in [0.05, 0.1) is 5.69 Å². The number of guanidine groups is 1. The topological polar surface area (TPSA) is 90.8 Å². The van der Waals surface area contributed by atoms with Gasteiger partial charge in [0.1, 0.15) is 10.7 Å². The van der Waals surface area contributed by atoms with Crippen LogP contribution in [0.15, 0.2) is 28.1 Å². The third kappa shape index (κ3) is 2.59. The summed E-state index contributed by atoms with van der Waals surface area (Å²) >= 11 is 0. The minimum atomic E-state index is -3.80. The Hall–Kier alpha value is -1.67. The first-order valence-corrected chi connectivity index (χ1v) is 6.76. The molecule has 3 N–H and O–H groups in total. The predicted molar refractivity (Wildman–Crippen MR) is 64.3 cm³/mol. The number of nitrogens with zero attached hydrogens (tertiary/aromatic N) is 1. The van der Waals surface area contributed by atoms with Crippen molar-refractivity contribution in [2.24, 2.45) is 4.99 Å². The Morgan fingerprint density at radius 1 is 1.39 bits per heavy atom. The Morgan fingerprint density at radius 3 is 2.89 bits per heavy atom. The molecule has 8 heteroatoms. The highest BCUT2D eigenvalue weighted by Gasteiger charge is 2.26. The maximum absolute atomic E-state index is 13.0. The molecule has 0 spiro atoms. The van der Waals surface area contributed by atoms with Crippen LogP contribution in [0.2, 0.25) is 0 Å². The molecule has 0 saturated heterocycles. The summed E-state index contributed by atoms with van der Waals surface area (Å²) < 4.78 is 38.8. The van der Waals surface area contributed by atoms with Gasteiger partial charge in [0, 0.05) is 13.2 Å². The maximum Gasteiger partial charge on any atom is 0.266 e. The fraction of sp³-hybridized carbons (Fsp3) is 0.300. The molecule has 0 saturated carbocycles. The summed E-state index contributed by atoms with van der Waals surface area (Å²) in [6, 6.07) is 3.44. The lowest BCUT2D eigenvalue weighted by Crippen LogP contribution is -2.40. The van der Waals surface area contributed by atoms with Gasteiger partial charge in [-0.25, -0.2) is 17.5 Å². The number of hydrogen-bond donors (Lipinski definition) is 3. The molecule has 6 nitrogen and oxygen atoms in total. The molecule has 0 aromatic heterocycles. The van der Waals surface area contributed by atoms with E-state index in [1.807, 2.05) is 0 Å². The van der Waals surface area contributed by atoms with Crippen molar-refractivity contribution in [3.05, 3.63) is 24.0 Å². The molecule has 0 amide bonds. The third-order valence-corrected chi connectivity index (χ3v) is 3.68. The fourth-order valence-corrected chi connectivity index (χ4v) is 2.65. The van der Waals surface area contributed by atoms with Gasteiger partial charge in [-0.3, -0.25) is 4.99 Å². The van der Waals surface area contributed by atoms with Crippen molar-refractivity contribution in [3.63, 3.8) is 0 Å². The second kappa shape index (κ2) is 4.91. The second-order valence-electron chi connectivity index (χ2n) is 3.68. The standard InChI is InChI=1S/C10H12FN3O3S/c11-7-2-3-8-9(6-7)18(16,17)14-10(13-8)12-4-1-5-15/h2-3,6,15H,1,4-5H2,(H2,12,13,14). The monoisotopic (exact) mass is 273 g/mol. The number of benzene rings is 1. The molecule has 0 atom stereocenters. The van der Waals surface area contributed by atoms with Crippen LogP contribution in [0.1, 0.15) is 6.42 Å². The van der Waals surface area contributed by atoms with Gasteiger partial charge in [0.15, 0.2) is 0 Å². The smallest absolute Gasteiger partial charge is 0.266 e. The van der Waals surface area contributed by atoms with Gasteiger partial charge in [0.25, 0.3) is 10.0 Å². The Balaban J connectivity index is 2.33. The number of sulfonamides is 1. The van der Waals surface area contributed by atoms with E-state index in [2.05, 4.69) is 15.0 Å². The largest absolute Gasteiger partial charge is 0.396 e. The number of hydrogen-bond acceptors (Lipinski definition) is 4. The Kier molecular flexibility index (Phi) is 3.48. The summed E-state index contributed by atoms with van der Waals surface area (Å²) in [4.78, 5) is 3.80. The summed E-state index contributed by atoms with van der Waals surface area (Å²) in [6.07, 6.45) is 0.434. The van der Waals surface area contributed by atoms with Crippen molar-refractivity contribution in [1.29, 1.82) is 0 Å². The number of anilines is 1. The minimum absolute atomic E-state index is 0.0225. The Bertz CT molecular complexity index is 586. The minimum Gasteiger partial charge on any atom is -0.396 e. The van der Waals surface area contributed by atoms with E-state index in [1.165, 1.54) is 6.07 Å². The van der Waals surface area contributed by atoms with Crippen LogP contribution in [-0.4, -0.2) is 32.6 Å². The van der Waals surface area contributed by atoms with Gasteiger partial charge in [0.2, 0.25) is 5.96 Å². The van der Waals surface area contributed by atoms with Crippen LogP contribution in [0, 0.1) is 5.82 Å². The fourth-order valence-electron chi connectivity index (χ4n) is 1.49. The molecule has 98 valence electrons. The quantitative estimate of drug-likeness (QED) is 0.689.